The quantitative estimate of drug-likeness (QED) is 0.401. The van der Waals surface area contributed by atoms with Crippen molar-refractivity contribution < 1.29 is 22.4 Å². The minimum atomic E-state index is -4.73. The number of nitrogens with zero attached hydrogens (tertiary/aromatic N) is 3. The highest BCUT2D eigenvalue weighted by Gasteiger charge is 2.39. The van der Waals surface area contributed by atoms with Gasteiger partial charge in [0.25, 0.3) is 0 Å². The highest BCUT2D eigenvalue weighted by Crippen LogP contribution is 2.41. The summed E-state index contributed by atoms with van der Waals surface area (Å²) in [6, 6.07) is 19.1. The van der Waals surface area contributed by atoms with E-state index in [1.165, 1.54) is 6.26 Å². The summed E-state index contributed by atoms with van der Waals surface area (Å²) in [5, 5.41) is 6.87. The predicted molar refractivity (Wildman–Crippen MR) is 116 cm³/mol. The molecule has 0 aliphatic carbocycles. The number of fused-ring (bicyclic) bond motifs is 2. The van der Waals surface area contributed by atoms with Crippen molar-refractivity contribution in [2.24, 2.45) is 0 Å². The molecule has 0 radical (unpaired) electrons. The molecule has 0 fully saturated rings. The number of nitrogens with one attached hydrogen (secondary N) is 1. The minimum Gasteiger partial charge on any atom is -0.467 e. The summed E-state index contributed by atoms with van der Waals surface area (Å²) in [5.74, 6) is 0.0147. The maximum atomic E-state index is 14.1. The Morgan fingerprint density at radius 3 is 2.48 bits per heavy atom. The topological polar surface area (TPSA) is 73.0 Å². The first-order chi connectivity index (χ1) is 15.9. The van der Waals surface area contributed by atoms with Crippen LogP contribution >= 0.6 is 0 Å². The molecule has 2 aromatic carbocycles. The number of carbonyl (C=O) groups excluding carboxylic acids is 1. The molecule has 3 heterocycles. The van der Waals surface area contributed by atoms with Crippen molar-refractivity contribution in [1.82, 2.24) is 20.1 Å². The van der Waals surface area contributed by atoms with Gasteiger partial charge in [0.2, 0.25) is 5.91 Å². The van der Waals surface area contributed by atoms with Crippen LogP contribution in [0.3, 0.4) is 0 Å². The molecule has 5 rings (SSSR count). The number of rotatable bonds is 5. The number of pyridine rings is 1. The van der Waals surface area contributed by atoms with Crippen LogP contribution in [0.25, 0.3) is 33.1 Å². The number of alkyl halides is 3. The van der Waals surface area contributed by atoms with Crippen LogP contribution in [-0.2, 0) is 24.1 Å². The van der Waals surface area contributed by atoms with E-state index < -0.39 is 24.3 Å². The van der Waals surface area contributed by atoms with Gasteiger partial charge in [-0.2, -0.15) is 18.3 Å². The van der Waals surface area contributed by atoms with Crippen molar-refractivity contribution >= 4 is 27.8 Å². The SMILES string of the molecule is O=C(Cn1nc(C(F)(F)F)c2c(-c3ccccc3)c3ccccc3nc21)NCc1ccco1. The molecule has 0 saturated carbocycles. The highest BCUT2D eigenvalue weighted by molar-refractivity contribution is 6.10. The summed E-state index contributed by atoms with van der Waals surface area (Å²) >= 11 is 0. The van der Waals surface area contributed by atoms with E-state index in [0.29, 0.717) is 27.8 Å². The van der Waals surface area contributed by atoms with Crippen LogP contribution in [0.4, 0.5) is 13.2 Å². The zero-order chi connectivity index (χ0) is 23.0. The molecule has 33 heavy (non-hydrogen) atoms. The van der Waals surface area contributed by atoms with Crippen LogP contribution < -0.4 is 5.32 Å². The minimum absolute atomic E-state index is 0.00646. The van der Waals surface area contributed by atoms with Gasteiger partial charge in [0, 0.05) is 10.9 Å². The molecule has 3 aromatic heterocycles. The molecule has 0 atom stereocenters. The normalized spacial score (nSPS) is 11.8. The van der Waals surface area contributed by atoms with Gasteiger partial charge < -0.3 is 9.73 Å². The van der Waals surface area contributed by atoms with Gasteiger partial charge in [0.05, 0.1) is 23.7 Å². The van der Waals surface area contributed by atoms with E-state index in [0.717, 1.165) is 4.68 Å². The first kappa shape index (κ1) is 20.7. The Kier molecular flexibility index (Phi) is 5.08. The van der Waals surface area contributed by atoms with Crippen LogP contribution in [0.5, 0.6) is 0 Å². The molecule has 0 bridgehead atoms. The molecule has 9 heteroatoms. The van der Waals surface area contributed by atoms with Crippen molar-refractivity contribution in [3.8, 4) is 11.1 Å². The predicted octanol–water partition coefficient (Wildman–Crippen LogP) is 5.18. The third kappa shape index (κ3) is 3.93. The van der Waals surface area contributed by atoms with Gasteiger partial charge >= 0.3 is 6.18 Å². The van der Waals surface area contributed by atoms with Crippen molar-refractivity contribution in [3.63, 3.8) is 0 Å². The number of carbonyl (C=O) groups is 1. The Hall–Kier alpha value is -4.14. The molecule has 0 aliphatic heterocycles. The average Bonchev–Trinajstić information content (AvgIpc) is 3.45. The molecule has 166 valence electrons. The van der Waals surface area contributed by atoms with Crippen LogP contribution in [0.15, 0.2) is 77.4 Å². The first-order valence-corrected chi connectivity index (χ1v) is 10.1. The molecule has 1 N–H and O–H groups in total. The number of amides is 1. The van der Waals surface area contributed by atoms with Gasteiger partial charge in [0.15, 0.2) is 11.3 Å². The summed E-state index contributed by atoms with van der Waals surface area (Å²) in [7, 11) is 0. The van der Waals surface area contributed by atoms with E-state index in [1.807, 2.05) is 0 Å². The molecule has 0 aliphatic rings. The Bertz CT molecular complexity index is 1440. The van der Waals surface area contributed by atoms with Gasteiger partial charge in [0.1, 0.15) is 12.3 Å². The third-order valence-corrected chi connectivity index (χ3v) is 5.24. The zero-order valence-electron chi connectivity index (χ0n) is 17.1. The summed E-state index contributed by atoms with van der Waals surface area (Å²) < 4.78 is 48.4. The zero-order valence-corrected chi connectivity index (χ0v) is 17.1. The molecule has 1 amide bonds. The maximum Gasteiger partial charge on any atom is 0.435 e. The first-order valence-electron chi connectivity index (χ1n) is 10.1. The van der Waals surface area contributed by atoms with Gasteiger partial charge in [-0.25, -0.2) is 9.67 Å². The van der Waals surface area contributed by atoms with Gasteiger partial charge in [-0.05, 0) is 23.8 Å². The third-order valence-electron chi connectivity index (χ3n) is 5.24. The van der Waals surface area contributed by atoms with Gasteiger partial charge in [-0.15, -0.1) is 0 Å². The molecule has 5 aromatic rings. The summed E-state index contributed by atoms with van der Waals surface area (Å²) in [6.07, 6.45) is -3.26. The molecule has 0 unspecified atom stereocenters. The van der Waals surface area contributed by atoms with Gasteiger partial charge in [-0.1, -0.05) is 48.5 Å². The standard InChI is InChI=1S/C24H17F3N4O2/c25-24(26,27)22-21-20(15-7-2-1-3-8-15)17-10-4-5-11-18(17)29-23(21)31(30-22)14-19(32)28-13-16-9-6-12-33-16/h1-12H,13-14H2,(H,28,32). The smallest absolute Gasteiger partial charge is 0.435 e. The van der Waals surface area contributed by atoms with Crippen LogP contribution in [0, 0.1) is 0 Å². The number of para-hydroxylation sites is 1. The fourth-order valence-electron chi connectivity index (χ4n) is 3.83. The van der Waals surface area contributed by atoms with E-state index in [-0.39, 0.29) is 17.6 Å². The number of aromatic nitrogens is 3. The lowest BCUT2D eigenvalue weighted by molar-refractivity contribution is -0.140. The fourth-order valence-corrected chi connectivity index (χ4v) is 3.83. The number of hydrogen-bond acceptors (Lipinski definition) is 4. The number of benzene rings is 2. The van der Waals surface area contributed by atoms with E-state index in [4.69, 9.17) is 4.42 Å². The second-order valence-electron chi connectivity index (χ2n) is 7.43. The van der Waals surface area contributed by atoms with Crippen molar-refractivity contribution in [2.45, 2.75) is 19.3 Å². The Balaban J connectivity index is 1.68. The maximum absolute atomic E-state index is 14.1. The largest absolute Gasteiger partial charge is 0.467 e. The van der Waals surface area contributed by atoms with Crippen LogP contribution in [-0.4, -0.2) is 20.7 Å². The van der Waals surface area contributed by atoms with E-state index in [2.05, 4.69) is 15.4 Å². The Morgan fingerprint density at radius 2 is 1.76 bits per heavy atom. The lowest BCUT2D eigenvalue weighted by Crippen LogP contribution is -2.27. The van der Waals surface area contributed by atoms with Crippen LogP contribution in [0.2, 0.25) is 0 Å². The summed E-state index contributed by atoms with van der Waals surface area (Å²) in [4.78, 5) is 17.0. The van der Waals surface area contributed by atoms with Crippen molar-refractivity contribution in [1.29, 1.82) is 0 Å². The fraction of sp³-hybridized carbons (Fsp3) is 0.125. The molecular weight excluding hydrogens is 433 g/mol. The van der Waals surface area contributed by atoms with Crippen LogP contribution in [0.1, 0.15) is 11.5 Å². The molecule has 0 saturated heterocycles. The lowest BCUT2D eigenvalue weighted by atomic mass is 9.97. The number of halogens is 3. The van der Waals surface area contributed by atoms with E-state index >= 15 is 0 Å². The van der Waals surface area contributed by atoms with Crippen molar-refractivity contribution in [3.05, 3.63) is 84.4 Å². The Labute approximate surface area is 185 Å². The highest BCUT2D eigenvalue weighted by atomic mass is 19.4. The molecule has 6 nitrogen and oxygen atoms in total. The van der Waals surface area contributed by atoms with Crippen molar-refractivity contribution in [2.75, 3.05) is 0 Å². The van der Waals surface area contributed by atoms with E-state index in [9.17, 15) is 18.0 Å². The summed E-state index contributed by atoms with van der Waals surface area (Å²) in [6.45, 7) is -0.310. The Morgan fingerprint density at radius 1 is 1.00 bits per heavy atom. The molecular formula is C24H17F3N4O2. The lowest BCUT2D eigenvalue weighted by Gasteiger charge is -2.11. The summed E-state index contributed by atoms with van der Waals surface area (Å²) in [5.41, 5.74) is 0.412. The van der Waals surface area contributed by atoms with Gasteiger partial charge in [-0.3, -0.25) is 4.79 Å². The second kappa shape index (κ2) is 8.09. The monoisotopic (exact) mass is 450 g/mol. The van der Waals surface area contributed by atoms with E-state index in [1.54, 1.807) is 66.7 Å². The second-order valence-corrected chi connectivity index (χ2v) is 7.43. The molecule has 0 spiro atoms. The average molecular weight is 450 g/mol. The number of furan rings is 1. The number of hydrogen-bond donors (Lipinski definition) is 1.